The molecule has 0 bridgehead atoms. The number of ether oxygens (including phenoxy) is 1. The molecule has 0 unspecified atom stereocenters. The van der Waals surface area contributed by atoms with Crippen LogP contribution in [0, 0.1) is 0 Å². The Morgan fingerprint density at radius 1 is 1.00 bits per heavy atom. The molecule has 3 heterocycles. The summed E-state index contributed by atoms with van der Waals surface area (Å²) in [6.45, 7) is 2.61. The molecular formula is C24H24N6O2. The van der Waals surface area contributed by atoms with Crippen LogP contribution in [0.3, 0.4) is 0 Å². The highest BCUT2D eigenvalue weighted by atomic mass is 16.5. The molecule has 1 fully saturated rings. The number of H-pyrrole nitrogens is 1. The predicted octanol–water partition coefficient (Wildman–Crippen LogP) is 3.99. The van der Waals surface area contributed by atoms with Crippen molar-refractivity contribution in [1.82, 2.24) is 19.9 Å². The van der Waals surface area contributed by atoms with E-state index < -0.39 is 0 Å². The van der Waals surface area contributed by atoms with Crippen LogP contribution in [0.4, 0.5) is 16.3 Å². The van der Waals surface area contributed by atoms with Gasteiger partial charge in [-0.25, -0.2) is 14.8 Å². The molecule has 0 aliphatic carbocycles. The van der Waals surface area contributed by atoms with E-state index in [0.717, 1.165) is 33.8 Å². The van der Waals surface area contributed by atoms with Crippen molar-refractivity contribution in [1.29, 1.82) is 0 Å². The largest absolute Gasteiger partial charge is 0.497 e. The van der Waals surface area contributed by atoms with Gasteiger partial charge in [-0.15, -0.1) is 0 Å². The van der Waals surface area contributed by atoms with Gasteiger partial charge < -0.3 is 24.8 Å². The van der Waals surface area contributed by atoms with Crippen molar-refractivity contribution in [3.8, 4) is 17.0 Å². The molecule has 32 heavy (non-hydrogen) atoms. The third kappa shape index (κ3) is 3.94. The van der Waals surface area contributed by atoms with Gasteiger partial charge in [-0.1, -0.05) is 36.4 Å². The van der Waals surface area contributed by atoms with Gasteiger partial charge in [0.1, 0.15) is 23.5 Å². The molecule has 2 N–H and O–H groups in total. The normalized spacial score (nSPS) is 13.9. The minimum Gasteiger partial charge on any atom is -0.497 e. The van der Waals surface area contributed by atoms with E-state index in [2.05, 4.69) is 43.4 Å². The maximum atomic E-state index is 12.7. The summed E-state index contributed by atoms with van der Waals surface area (Å²) in [7, 11) is 1.61. The van der Waals surface area contributed by atoms with E-state index in [1.54, 1.807) is 13.4 Å². The van der Waals surface area contributed by atoms with Gasteiger partial charge in [0.05, 0.1) is 12.5 Å². The first-order valence-electron chi connectivity index (χ1n) is 10.6. The number of urea groups is 1. The number of carbonyl (C=O) groups is 1. The number of nitrogens with zero attached hydrogens (tertiary/aromatic N) is 4. The van der Waals surface area contributed by atoms with Crippen molar-refractivity contribution in [2.45, 2.75) is 0 Å². The fourth-order valence-corrected chi connectivity index (χ4v) is 3.98. The Bertz CT molecular complexity index is 1230. The number of aromatic nitrogens is 3. The predicted molar refractivity (Wildman–Crippen MR) is 125 cm³/mol. The SMILES string of the molecule is COc1cccc(NC(=O)N2CCN(c3ncnc4[nH]c(-c5ccccc5)cc34)CC2)c1. The van der Waals surface area contributed by atoms with E-state index in [9.17, 15) is 4.79 Å². The number of hydrogen-bond acceptors (Lipinski definition) is 5. The van der Waals surface area contributed by atoms with Crippen LogP contribution in [0.1, 0.15) is 0 Å². The maximum Gasteiger partial charge on any atom is 0.321 e. The lowest BCUT2D eigenvalue weighted by atomic mass is 10.1. The third-order valence-electron chi connectivity index (χ3n) is 5.68. The summed E-state index contributed by atoms with van der Waals surface area (Å²) in [6, 6.07) is 19.5. The first-order chi connectivity index (χ1) is 15.7. The molecule has 1 aliphatic rings. The Balaban J connectivity index is 1.29. The number of benzene rings is 2. The molecule has 0 radical (unpaired) electrons. The monoisotopic (exact) mass is 428 g/mol. The van der Waals surface area contributed by atoms with Crippen molar-refractivity contribution in [3.05, 3.63) is 67.0 Å². The first kappa shape index (κ1) is 19.9. The summed E-state index contributed by atoms with van der Waals surface area (Å²) in [4.78, 5) is 29.1. The minimum atomic E-state index is -0.112. The lowest BCUT2D eigenvalue weighted by Gasteiger charge is -2.35. The Morgan fingerprint density at radius 2 is 1.81 bits per heavy atom. The van der Waals surface area contributed by atoms with Crippen LogP contribution in [0.25, 0.3) is 22.3 Å². The molecule has 2 amide bonds. The average molecular weight is 428 g/mol. The molecule has 1 aliphatic heterocycles. The Hall–Kier alpha value is -4.07. The number of rotatable bonds is 4. The van der Waals surface area contributed by atoms with Crippen molar-refractivity contribution in [2.24, 2.45) is 0 Å². The Morgan fingerprint density at radius 3 is 2.59 bits per heavy atom. The van der Waals surface area contributed by atoms with E-state index in [1.165, 1.54) is 0 Å². The Kier molecular flexibility index (Phi) is 5.33. The topological polar surface area (TPSA) is 86.4 Å². The molecule has 8 nitrogen and oxygen atoms in total. The van der Waals surface area contributed by atoms with E-state index in [4.69, 9.17) is 4.74 Å². The molecule has 1 saturated heterocycles. The zero-order valence-electron chi connectivity index (χ0n) is 17.8. The second-order valence-electron chi connectivity index (χ2n) is 7.64. The van der Waals surface area contributed by atoms with E-state index >= 15 is 0 Å². The van der Waals surface area contributed by atoms with Gasteiger partial charge in [0.25, 0.3) is 0 Å². The molecule has 0 spiro atoms. The van der Waals surface area contributed by atoms with Crippen molar-refractivity contribution < 1.29 is 9.53 Å². The van der Waals surface area contributed by atoms with Crippen LogP contribution in [0.5, 0.6) is 5.75 Å². The standard InChI is InChI=1S/C24H24N6O2/c1-32-19-9-5-8-18(14-19)27-24(31)30-12-10-29(11-13-30)23-20-15-21(17-6-3-2-4-7-17)28-22(20)25-16-26-23/h2-9,14-16H,10-13H2,1H3,(H,27,31)(H,25,26,28). The summed E-state index contributed by atoms with van der Waals surface area (Å²) in [5.41, 5.74) is 3.65. The van der Waals surface area contributed by atoms with Crippen LogP contribution < -0.4 is 15.0 Å². The van der Waals surface area contributed by atoms with Crippen LogP contribution in [0.15, 0.2) is 67.0 Å². The van der Waals surface area contributed by atoms with Crippen LogP contribution >= 0.6 is 0 Å². The molecule has 5 rings (SSSR count). The number of anilines is 2. The minimum absolute atomic E-state index is 0.112. The quantitative estimate of drug-likeness (QED) is 0.513. The zero-order chi connectivity index (χ0) is 21.9. The van der Waals surface area contributed by atoms with Crippen LogP contribution in [0.2, 0.25) is 0 Å². The van der Waals surface area contributed by atoms with Gasteiger partial charge in [0.15, 0.2) is 0 Å². The van der Waals surface area contributed by atoms with Gasteiger partial charge in [-0.2, -0.15) is 0 Å². The Labute approximate surface area is 185 Å². The first-order valence-corrected chi connectivity index (χ1v) is 10.6. The molecule has 162 valence electrons. The molecule has 8 heteroatoms. The smallest absolute Gasteiger partial charge is 0.321 e. The number of hydrogen-bond donors (Lipinski definition) is 2. The van der Waals surface area contributed by atoms with Crippen LogP contribution in [-0.2, 0) is 0 Å². The summed E-state index contributed by atoms with van der Waals surface area (Å²) in [5, 5.41) is 3.94. The van der Waals surface area contributed by atoms with Crippen molar-refractivity contribution >= 4 is 28.6 Å². The third-order valence-corrected chi connectivity index (χ3v) is 5.68. The molecule has 0 saturated carbocycles. The number of methoxy groups -OCH3 is 1. The highest BCUT2D eigenvalue weighted by Crippen LogP contribution is 2.29. The fraction of sp³-hybridized carbons (Fsp3) is 0.208. The van der Waals surface area contributed by atoms with E-state index in [0.29, 0.717) is 31.9 Å². The zero-order valence-corrected chi connectivity index (χ0v) is 17.8. The van der Waals surface area contributed by atoms with E-state index in [-0.39, 0.29) is 6.03 Å². The summed E-state index contributed by atoms with van der Waals surface area (Å²) < 4.78 is 5.22. The van der Waals surface area contributed by atoms with Crippen LogP contribution in [-0.4, -0.2) is 59.2 Å². The van der Waals surface area contributed by atoms with Gasteiger partial charge in [0.2, 0.25) is 0 Å². The molecular weight excluding hydrogens is 404 g/mol. The average Bonchev–Trinajstić information content (AvgIpc) is 3.29. The molecule has 0 atom stereocenters. The van der Waals surface area contributed by atoms with Gasteiger partial charge >= 0.3 is 6.03 Å². The molecule has 2 aromatic carbocycles. The number of amides is 2. The van der Waals surface area contributed by atoms with Gasteiger partial charge in [0, 0.05) is 43.6 Å². The number of aromatic amines is 1. The molecule has 2 aromatic heterocycles. The number of nitrogens with one attached hydrogen (secondary N) is 2. The number of fused-ring (bicyclic) bond motifs is 1. The second kappa shape index (κ2) is 8.58. The van der Waals surface area contributed by atoms with Crippen molar-refractivity contribution in [3.63, 3.8) is 0 Å². The lowest BCUT2D eigenvalue weighted by Crippen LogP contribution is -2.50. The molecule has 4 aromatic rings. The summed E-state index contributed by atoms with van der Waals surface area (Å²) in [6.07, 6.45) is 1.59. The lowest BCUT2D eigenvalue weighted by molar-refractivity contribution is 0.208. The summed E-state index contributed by atoms with van der Waals surface area (Å²) in [5.74, 6) is 1.60. The summed E-state index contributed by atoms with van der Waals surface area (Å²) >= 11 is 0. The maximum absolute atomic E-state index is 12.7. The van der Waals surface area contributed by atoms with Crippen molar-refractivity contribution in [2.75, 3.05) is 43.5 Å². The van der Waals surface area contributed by atoms with Gasteiger partial charge in [-0.05, 0) is 23.8 Å². The highest BCUT2D eigenvalue weighted by molar-refractivity contribution is 5.92. The number of piperazine rings is 1. The van der Waals surface area contributed by atoms with E-state index in [1.807, 2.05) is 47.4 Å². The fourth-order valence-electron chi connectivity index (χ4n) is 3.98. The number of carbonyl (C=O) groups excluding carboxylic acids is 1. The van der Waals surface area contributed by atoms with Gasteiger partial charge in [-0.3, -0.25) is 0 Å². The second-order valence-corrected chi connectivity index (χ2v) is 7.64. The highest BCUT2D eigenvalue weighted by Gasteiger charge is 2.24.